The number of rotatable bonds is 2. The van der Waals surface area contributed by atoms with Gasteiger partial charge in [-0.1, -0.05) is 13.0 Å². The molecule has 0 saturated carbocycles. The van der Waals surface area contributed by atoms with Gasteiger partial charge in [0, 0.05) is 4.90 Å². The van der Waals surface area contributed by atoms with Crippen LogP contribution in [-0.2, 0) is 6.18 Å². The third kappa shape index (κ3) is 2.35. The van der Waals surface area contributed by atoms with Crippen LogP contribution in [0.4, 0.5) is 13.2 Å². The minimum atomic E-state index is -4.49. The molecule has 14 heavy (non-hydrogen) atoms. The van der Waals surface area contributed by atoms with Crippen LogP contribution in [0, 0.1) is 0 Å². The van der Waals surface area contributed by atoms with Crippen LogP contribution < -0.4 is 0 Å². The highest BCUT2D eigenvalue weighted by Gasteiger charge is 2.34. The van der Waals surface area contributed by atoms with E-state index in [9.17, 15) is 18.3 Å². The molecule has 0 aliphatic heterocycles. The van der Waals surface area contributed by atoms with E-state index in [-0.39, 0.29) is 4.90 Å². The second-order valence-electron chi connectivity index (χ2n) is 2.58. The van der Waals surface area contributed by atoms with Crippen molar-refractivity contribution in [3.05, 3.63) is 23.8 Å². The van der Waals surface area contributed by atoms with E-state index >= 15 is 0 Å². The van der Waals surface area contributed by atoms with Gasteiger partial charge in [-0.05, 0) is 17.9 Å². The lowest BCUT2D eigenvalue weighted by atomic mass is 10.2. The highest BCUT2D eigenvalue weighted by Crippen LogP contribution is 2.40. The van der Waals surface area contributed by atoms with E-state index in [2.05, 4.69) is 0 Å². The maximum atomic E-state index is 12.3. The number of alkyl halides is 3. The first kappa shape index (κ1) is 11.2. The summed E-state index contributed by atoms with van der Waals surface area (Å²) >= 11 is 1.18. The molecule has 0 fully saturated rings. The maximum absolute atomic E-state index is 12.3. The normalized spacial score (nSPS) is 11.7. The van der Waals surface area contributed by atoms with Crippen LogP contribution in [0.15, 0.2) is 23.1 Å². The standard InChI is InChI=1S/C9H9F3OS/c1-2-14-7-5-3-4-6(8(7)13)9(10,11)12/h3-5,13H,2H2,1H3. The van der Waals surface area contributed by atoms with Gasteiger partial charge in [-0.3, -0.25) is 0 Å². The van der Waals surface area contributed by atoms with Crippen LogP contribution in [-0.4, -0.2) is 10.9 Å². The minimum Gasteiger partial charge on any atom is -0.506 e. The highest BCUT2D eigenvalue weighted by molar-refractivity contribution is 7.99. The molecule has 0 atom stereocenters. The Hall–Kier alpha value is -0.840. The molecular weight excluding hydrogens is 213 g/mol. The van der Waals surface area contributed by atoms with E-state index in [1.54, 1.807) is 0 Å². The van der Waals surface area contributed by atoms with Crippen molar-refractivity contribution in [1.29, 1.82) is 0 Å². The second kappa shape index (κ2) is 4.13. The molecule has 0 amide bonds. The Bertz CT molecular complexity index is 322. The summed E-state index contributed by atoms with van der Waals surface area (Å²) in [6, 6.07) is 3.63. The van der Waals surface area contributed by atoms with Gasteiger partial charge in [0.15, 0.2) is 0 Å². The number of thioether (sulfide) groups is 1. The number of aromatic hydroxyl groups is 1. The third-order valence-corrected chi connectivity index (χ3v) is 2.53. The summed E-state index contributed by atoms with van der Waals surface area (Å²) in [5.41, 5.74) is -0.976. The summed E-state index contributed by atoms with van der Waals surface area (Å²) in [4.78, 5) is 0.266. The number of hydrogen-bond donors (Lipinski definition) is 1. The van der Waals surface area contributed by atoms with Gasteiger partial charge in [0.25, 0.3) is 0 Å². The van der Waals surface area contributed by atoms with E-state index in [1.807, 2.05) is 6.92 Å². The first-order valence-corrected chi connectivity index (χ1v) is 4.97. The maximum Gasteiger partial charge on any atom is 0.419 e. The van der Waals surface area contributed by atoms with Crippen LogP contribution in [0.3, 0.4) is 0 Å². The van der Waals surface area contributed by atoms with Gasteiger partial charge >= 0.3 is 6.18 Å². The molecule has 5 heteroatoms. The molecule has 1 nitrogen and oxygen atoms in total. The number of hydrogen-bond acceptors (Lipinski definition) is 2. The molecule has 0 radical (unpaired) electrons. The number of phenolic OH excluding ortho intramolecular Hbond substituents is 1. The molecule has 0 aliphatic carbocycles. The van der Waals surface area contributed by atoms with Gasteiger partial charge in [0.05, 0.1) is 5.56 Å². The lowest BCUT2D eigenvalue weighted by Crippen LogP contribution is -2.05. The quantitative estimate of drug-likeness (QED) is 0.772. The first-order chi connectivity index (χ1) is 6.46. The van der Waals surface area contributed by atoms with E-state index in [0.29, 0.717) is 5.75 Å². The number of phenols is 1. The van der Waals surface area contributed by atoms with E-state index in [0.717, 1.165) is 6.07 Å². The van der Waals surface area contributed by atoms with Gasteiger partial charge in [0.1, 0.15) is 5.75 Å². The van der Waals surface area contributed by atoms with E-state index in [1.165, 1.54) is 23.9 Å². The largest absolute Gasteiger partial charge is 0.506 e. The Balaban J connectivity index is 3.14. The summed E-state index contributed by atoms with van der Waals surface area (Å²) in [6.07, 6.45) is -4.49. The smallest absolute Gasteiger partial charge is 0.419 e. The monoisotopic (exact) mass is 222 g/mol. The second-order valence-corrected chi connectivity index (χ2v) is 3.89. The van der Waals surface area contributed by atoms with E-state index in [4.69, 9.17) is 0 Å². The van der Waals surface area contributed by atoms with Gasteiger partial charge in [-0.2, -0.15) is 13.2 Å². The number of para-hydroxylation sites is 1. The molecule has 1 rings (SSSR count). The Morgan fingerprint density at radius 1 is 1.36 bits per heavy atom. The van der Waals surface area contributed by atoms with Crippen LogP contribution in [0.1, 0.15) is 12.5 Å². The SMILES string of the molecule is CCSc1cccc(C(F)(F)F)c1O. The lowest BCUT2D eigenvalue weighted by Gasteiger charge is -2.11. The van der Waals surface area contributed by atoms with Crippen molar-refractivity contribution in [2.75, 3.05) is 5.75 Å². The number of halogens is 3. The topological polar surface area (TPSA) is 20.2 Å². The van der Waals surface area contributed by atoms with Gasteiger partial charge in [-0.25, -0.2) is 0 Å². The lowest BCUT2D eigenvalue weighted by molar-refractivity contribution is -0.139. The zero-order valence-corrected chi connectivity index (χ0v) is 8.25. The minimum absolute atomic E-state index is 0.266. The Morgan fingerprint density at radius 3 is 2.50 bits per heavy atom. The van der Waals surface area contributed by atoms with Crippen molar-refractivity contribution in [2.24, 2.45) is 0 Å². The van der Waals surface area contributed by atoms with Crippen molar-refractivity contribution >= 4 is 11.8 Å². The van der Waals surface area contributed by atoms with Crippen molar-refractivity contribution in [3.63, 3.8) is 0 Å². The van der Waals surface area contributed by atoms with Gasteiger partial charge in [0.2, 0.25) is 0 Å². The molecule has 1 aromatic rings. The van der Waals surface area contributed by atoms with Crippen molar-refractivity contribution in [1.82, 2.24) is 0 Å². The Kier molecular flexibility index (Phi) is 3.31. The molecule has 0 saturated heterocycles. The molecule has 1 N–H and O–H groups in total. The summed E-state index contributed by atoms with van der Waals surface area (Å²) in [6.45, 7) is 1.81. The average Bonchev–Trinajstić information content (AvgIpc) is 2.07. The summed E-state index contributed by atoms with van der Waals surface area (Å²) in [5.74, 6) is -0.0543. The van der Waals surface area contributed by atoms with Crippen LogP contribution in [0.2, 0.25) is 0 Å². The molecule has 78 valence electrons. The Labute approximate surface area is 83.9 Å². The summed E-state index contributed by atoms with van der Waals surface area (Å²) in [5, 5.41) is 9.31. The molecule has 0 aliphatic rings. The van der Waals surface area contributed by atoms with Crippen LogP contribution in [0.25, 0.3) is 0 Å². The van der Waals surface area contributed by atoms with Gasteiger partial charge < -0.3 is 5.11 Å². The Morgan fingerprint density at radius 2 is 2.00 bits per heavy atom. The molecular formula is C9H9F3OS. The average molecular weight is 222 g/mol. The fourth-order valence-electron chi connectivity index (χ4n) is 1.02. The van der Waals surface area contributed by atoms with Crippen molar-refractivity contribution < 1.29 is 18.3 Å². The molecule has 0 heterocycles. The zero-order valence-electron chi connectivity index (χ0n) is 7.43. The van der Waals surface area contributed by atoms with Crippen LogP contribution >= 0.6 is 11.8 Å². The summed E-state index contributed by atoms with van der Waals surface area (Å²) in [7, 11) is 0. The fourth-order valence-corrected chi connectivity index (χ4v) is 1.76. The van der Waals surface area contributed by atoms with Crippen molar-refractivity contribution in [2.45, 2.75) is 18.0 Å². The number of benzene rings is 1. The highest BCUT2D eigenvalue weighted by atomic mass is 32.2. The molecule has 1 aromatic carbocycles. The van der Waals surface area contributed by atoms with Gasteiger partial charge in [-0.15, -0.1) is 11.8 Å². The zero-order chi connectivity index (χ0) is 10.8. The molecule has 0 aromatic heterocycles. The van der Waals surface area contributed by atoms with Crippen molar-refractivity contribution in [3.8, 4) is 5.75 Å². The predicted octanol–water partition coefficient (Wildman–Crippen LogP) is 3.52. The first-order valence-electron chi connectivity index (χ1n) is 3.98. The molecule has 0 spiro atoms. The molecule has 0 bridgehead atoms. The van der Waals surface area contributed by atoms with E-state index < -0.39 is 17.5 Å². The fraction of sp³-hybridized carbons (Fsp3) is 0.333. The third-order valence-electron chi connectivity index (χ3n) is 1.60. The van der Waals surface area contributed by atoms with Crippen LogP contribution in [0.5, 0.6) is 5.75 Å². The predicted molar refractivity (Wildman–Crippen MR) is 49.5 cm³/mol. The molecule has 0 unspecified atom stereocenters. The summed E-state index contributed by atoms with van der Waals surface area (Å²) < 4.78 is 36.9.